The Labute approximate surface area is 98.3 Å². The predicted molar refractivity (Wildman–Crippen MR) is 59.4 cm³/mol. The van der Waals surface area contributed by atoms with Gasteiger partial charge >= 0.3 is 5.97 Å². The average molecular weight is 261 g/mol. The van der Waals surface area contributed by atoms with E-state index in [1.54, 1.807) is 0 Å². The molecule has 0 aliphatic rings. The van der Waals surface area contributed by atoms with Crippen LogP contribution in [-0.4, -0.2) is 25.7 Å². The third kappa shape index (κ3) is 4.49. The standard InChI is InChI=1S/C10H12FNO4S/c1-17(15,16)12-9(6-10(13)14)7-4-2-3-5-8(7)11/h2-5,9,12H,6H2,1H3,(H,13,14). The number of benzene rings is 1. The number of nitrogens with one attached hydrogen (secondary N) is 1. The van der Waals surface area contributed by atoms with Crippen molar-refractivity contribution < 1.29 is 22.7 Å². The number of aliphatic carboxylic acids is 1. The fourth-order valence-electron chi connectivity index (χ4n) is 1.41. The maximum absolute atomic E-state index is 13.4. The van der Waals surface area contributed by atoms with Crippen LogP contribution < -0.4 is 4.72 Å². The first-order chi connectivity index (χ1) is 7.79. The van der Waals surface area contributed by atoms with Crippen LogP contribution in [0.3, 0.4) is 0 Å². The van der Waals surface area contributed by atoms with Crippen molar-refractivity contribution in [2.75, 3.05) is 6.26 Å². The van der Waals surface area contributed by atoms with Gasteiger partial charge in [0.1, 0.15) is 5.82 Å². The molecule has 5 nitrogen and oxygen atoms in total. The summed E-state index contributed by atoms with van der Waals surface area (Å²) in [5.41, 5.74) is 0.0142. The Hall–Kier alpha value is -1.47. The van der Waals surface area contributed by atoms with Gasteiger partial charge in [0.2, 0.25) is 10.0 Å². The lowest BCUT2D eigenvalue weighted by atomic mass is 10.0. The van der Waals surface area contributed by atoms with Crippen molar-refractivity contribution in [1.29, 1.82) is 0 Å². The SMILES string of the molecule is CS(=O)(=O)NC(CC(=O)O)c1ccccc1F. The fraction of sp³-hybridized carbons (Fsp3) is 0.300. The number of hydrogen-bond acceptors (Lipinski definition) is 3. The molecule has 0 saturated heterocycles. The number of carboxylic acids is 1. The van der Waals surface area contributed by atoms with Crippen LogP contribution in [0.4, 0.5) is 4.39 Å². The van der Waals surface area contributed by atoms with E-state index in [-0.39, 0.29) is 5.56 Å². The smallest absolute Gasteiger partial charge is 0.305 e. The minimum Gasteiger partial charge on any atom is -0.481 e. The molecule has 1 atom stereocenters. The maximum atomic E-state index is 13.4. The minimum absolute atomic E-state index is 0.0142. The zero-order valence-corrected chi connectivity index (χ0v) is 9.87. The second-order valence-electron chi connectivity index (χ2n) is 3.56. The lowest BCUT2D eigenvalue weighted by molar-refractivity contribution is -0.137. The van der Waals surface area contributed by atoms with Crippen molar-refractivity contribution in [2.45, 2.75) is 12.5 Å². The molecule has 0 saturated carbocycles. The fourth-order valence-corrected chi connectivity index (χ4v) is 2.13. The summed E-state index contributed by atoms with van der Waals surface area (Å²) in [4.78, 5) is 10.6. The van der Waals surface area contributed by atoms with E-state index in [1.165, 1.54) is 18.2 Å². The van der Waals surface area contributed by atoms with Gasteiger partial charge in [0, 0.05) is 5.56 Å². The van der Waals surface area contributed by atoms with Gasteiger partial charge < -0.3 is 5.11 Å². The summed E-state index contributed by atoms with van der Waals surface area (Å²) in [6.45, 7) is 0. The predicted octanol–water partition coefficient (Wildman–Crippen LogP) is 0.891. The third-order valence-electron chi connectivity index (χ3n) is 2.02. The topological polar surface area (TPSA) is 83.5 Å². The number of halogens is 1. The lowest BCUT2D eigenvalue weighted by Gasteiger charge is -2.16. The summed E-state index contributed by atoms with van der Waals surface area (Å²) in [6, 6.07) is 4.34. The summed E-state index contributed by atoms with van der Waals surface area (Å²) in [7, 11) is -3.61. The van der Waals surface area contributed by atoms with Gasteiger partial charge in [-0.15, -0.1) is 0 Å². The van der Waals surface area contributed by atoms with E-state index < -0.39 is 34.3 Å². The molecule has 1 unspecified atom stereocenters. The molecule has 0 aromatic heterocycles. The summed E-state index contributed by atoms with van der Waals surface area (Å²) in [6.07, 6.45) is 0.372. The normalized spacial score (nSPS) is 13.3. The van der Waals surface area contributed by atoms with Gasteiger partial charge in [-0.25, -0.2) is 17.5 Å². The zero-order chi connectivity index (χ0) is 13.1. The molecule has 0 spiro atoms. The van der Waals surface area contributed by atoms with Crippen LogP contribution in [0.25, 0.3) is 0 Å². The van der Waals surface area contributed by atoms with Gasteiger partial charge in [-0.1, -0.05) is 18.2 Å². The zero-order valence-electron chi connectivity index (χ0n) is 9.05. The maximum Gasteiger partial charge on any atom is 0.305 e. The van der Waals surface area contributed by atoms with Crippen molar-refractivity contribution >= 4 is 16.0 Å². The highest BCUT2D eigenvalue weighted by molar-refractivity contribution is 7.88. The molecular weight excluding hydrogens is 249 g/mol. The van der Waals surface area contributed by atoms with Crippen molar-refractivity contribution in [3.05, 3.63) is 35.6 Å². The summed E-state index contributed by atoms with van der Waals surface area (Å²) >= 11 is 0. The Morgan fingerprint density at radius 1 is 1.47 bits per heavy atom. The highest BCUT2D eigenvalue weighted by Gasteiger charge is 2.21. The molecule has 1 rings (SSSR count). The summed E-state index contributed by atoms with van der Waals surface area (Å²) < 4.78 is 37.7. The average Bonchev–Trinajstić information content (AvgIpc) is 2.14. The molecule has 0 radical (unpaired) electrons. The molecular formula is C10H12FNO4S. The molecule has 17 heavy (non-hydrogen) atoms. The number of hydrogen-bond donors (Lipinski definition) is 2. The molecule has 0 aliphatic heterocycles. The first-order valence-corrected chi connectivity index (χ1v) is 6.62. The van der Waals surface area contributed by atoms with Crippen molar-refractivity contribution in [2.24, 2.45) is 0 Å². The number of sulfonamides is 1. The van der Waals surface area contributed by atoms with Gasteiger partial charge in [-0.2, -0.15) is 0 Å². The molecule has 0 amide bonds. The third-order valence-corrected chi connectivity index (χ3v) is 2.73. The Bertz CT molecular complexity index is 515. The van der Waals surface area contributed by atoms with Crippen molar-refractivity contribution in [3.8, 4) is 0 Å². The number of rotatable bonds is 5. The van der Waals surface area contributed by atoms with Crippen LogP contribution >= 0.6 is 0 Å². The summed E-state index contributed by atoms with van der Waals surface area (Å²) in [5.74, 6) is -1.86. The van der Waals surface area contributed by atoms with Crippen LogP contribution in [0, 0.1) is 5.82 Å². The van der Waals surface area contributed by atoms with Crippen molar-refractivity contribution in [1.82, 2.24) is 4.72 Å². The van der Waals surface area contributed by atoms with E-state index in [1.807, 2.05) is 0 Å². The molecule has 7 heteroatoms. The van der Waals surface area contributed by atoms with E-state index in [2.05, 4.69) is 4.72 Å². The second kappa shape index (κ2) is 5.24. The second-order valence-corrected chi connectivity index (χ2v) is 5.34. The molecule has 2 N–H and O–H groups in total. The molecule has 0 heterocycles. The molecule has 0 fully saturated rings. The minimum atomic E-state index is -3.61. The monoisotopic (exact) mass is 261 g/mol. The van der Waals surface area contributed by atoms with E-state index >= 15 is 0 Å². The lowest BCUT2D eigenvalue weighted by Crippen LogP contribution is -2.29. The highest BCUT2D eigenvalue weighted by atomic mass is 32.2. The number of carbonyl (C=O) groups is 1. The molecule has 0 bridgehead atoms. The quantitative estimate of drug-likeness (QED) is 0.824. The van der Waals surface area contributed by atoms with Gasteiger partial charge in [-0.05, 0) is 6.07 Å². The summed E-state index contributed by atoms with van der Waals surface area (Å²) in [5, 5.41) is 8.68. The van der Waals surface area contributed by atoms with Crippen LogP contribution in [0.5, 0.6) is 0 Å². The van der Waals surface area contributed by atoms with Crippen molar-refractivity contribution in [3.63, 3.8) is 0 Å². The van der Waals surface area contributed by atoms with Crippen LogP contribution in [-0.2, 0) is 14.8 Å². The Balaban J connectivity index is 3.06. The van der Waals surface area contributed by atoms with E-state index in [9.17, 15) is 17.6 Å². The van der Waals surface area contributed by atoms with Crippen LogP contribution in [0.1, 0.15) is 18.0 Å². The van der Waals surface area contributed by atoms with Gasteiger partial charge in [0.15, 0.2) is 0 Å². The largest absolute Gasteiger partial charge is 0.481 e. The Kier molecular flexibility index (Phi) is 4.19. The Morgan fingerprint density at radius 3 is 2.53 bits per heavy atom. The highest BCUT2D eigenvalue weighted by Crippen LogP contribution is 2.20. The first-order valence-electron chi connectivity index (χ1n) is 4.73. The van der Waals surface area contributed by atoms with Crippen LogP contribution in [0.15, 0.2) is 24.3 Å². The van der Waals surface area contributed by atoms with E-state index in [0.717, 1.165) is 12.3 Å². The van der Waals surface area contributed by atoms with Gasteiger partial charge in [0.05, 0.1) is 18.7 Å². The molecule has 94 valence electrons. The molecule has 0 aliphatic carbocycles. The molecule has 1 aromatic carbocycles. The first kappa shape index (κ1) is 13.6. The van der Waals surface area contributed by atoms with E-state index in [4.69, 9.17) is 5.11 Å². The number of carboxylic acid groups (broad SMARTS) is 1. The van der Waals surface area contributed by atoms with Gasteiger partial charge in [0.25, 0.3) is 0 Å². The molecule has 1 aromatic rings. The van der Waals surface area contributed by atoms with Crippen LogP contribution in [0.2, 0.25) is 0 Å². The van der Waals surface area contributed by atoms with E-state index in [0.29, 0.717) is 0 Å². The van der Waals surface area contributed by atoms with Gasteiger partial charge in [-0.3, -0.25) is 4.79 Å². The Morgan fingerprint density at radius 2 is 2.06 bits per heavy atom.